The molecule has 0 radical (unpaired) electrons. The lowest BCUT2D eigenvalue weighted by Crippen LogP contribution is -1.95. The van der Waals surface area contributed by atoms with Crippen LogP contribution in [0.15, 0.2) is 29.0 Å². The number of hydrogen-bond donors (Lipinski definition) is 0. The number of benzene rings is 1. The van der Waals surface area contributed by atoms with E-state index in [4.69, 9.17) is 21.1 Å². The lowest BCUT2D eigenvalue weighted by molar-refractivity contribution is 0.390. The fraction of sp³-hybridized carbons (Fsp3) is 0.167. The SMILES string of the molecule is COc1ccc(-c2nccnc2Cl)c(OC)c1Br. The minimum absolute atomic E-state index is 0.327. The molecule has 0 bridgehead atoms. The number of rotatable bonds is 3. The third kappa shape index (κ3) is 2.28. The summed E-state index contributed by atoms with van der Waals surface area (Å²) in [5, 5.41) is 0.327. The van der Waals surface area contributed by atoms with Crippen molar-refractivity contribution in [3.05, 3.63) is 34.2 Å². The highest BCUT2D eigenvalue weighted by molar-refractivity contribution is 9.10. The van der Waals surface area contributed by atoms with Crippen LogP contribution in [0.2, 0.25) is 5.15 Å². The number of nitrogens with zero attached hydrogens (tertiary/aromatic N) is 2. The largest absolute Gasteiger partial charge is 0.495 e. The summed E-state index contributed by atoms with van der Waals surface area (Å²) in [7, 11) is 3.17. The molecule has 0 unspecified atom stereocenters. The predicted octanol–water partition coefficient (Wildman–Crippen LogP) is 3.58. The molecule has 0 saturated carbocycles. The molecule has 0 aliphatic rings. The maximum absolute atomic E-state index is 6.04. The molecule has 0 amide bonds. The van der Waals surface area contributed by atoms with Crippen LogP contribution in [0.3, 0.4) is 0 Å². The van der Waals surface area contributed by atoms with Crippen LogP contribution in [-0.4, -0.2) is 24.2 Å². The van der Waals surface area contributed by atoms with Gasteiger partial charge in [0.05, 0.1) is 14.2 Å². The summed E-state index contributed by atoms with van der Waals surface area (Å²) >= 11 is 9.47. The van der Waals surface area contributed by atoms with Crippen LogP contribution in [-0.2, 0) is 0 Å². The average Bonchev–Trinajstić information content (AvgIpc) is 2.39. The van der Waals surface area contributed by atoms with E-state index in [2.05, 4.69) is 25.9 Å². The van der Waals surface area contributed by atoms with E-state index < -0.39 is 0 Å². The fourth-order valence-electron chi connectivity index (χ4n) is 1.58. The molecule has 2 rings (SSSR count). The van der Waals surface area contributed by atoms with Gasteiger partial charge in [-0.05, 0) is 28.1 Å². The first kappa shape index (κ1) is 13.1. The van der Waals surface area contributed by atoms with Gasteiger partial charge in [0.1, 0.15) is 21.7 Å². The van der Waals surface area contributed by atoms with E-state index >= 15 is 0 Å². The molecule has 0 N–H and O–H groups in total. The lowest BCUT2D eigenvalue weighted by atomic mass is 10.1. The molecule has 0 aliphatic heterocycles. The van der Waals surface area contributed by atoms with Crippen LogP contribution in [0.25, 0.3) is 11.3 Å². The van der Waals surface area contributed by atoms with Crippen molar-refractivity contribution in [3.8, 4) is 22.8 Å². The maximum atomic E-state index is 6.04. The molecule has 2 aromatic rings. The lowest BCUT2D eigenvalue weighted by Gasteiger charge is -2.13. The zero-order valence-corrected chi connectivity index (χ0v) is 12.1. The second kappa shape index (κ2) is 5.54. The fourth-order valence-corrected chi connectivity index (χ4v) is 2.46. The van der Waals surface area contributed by atoms with Crippen molar-refractivity contribution in [1.82, 2.24) is 9.97 Å². The highest BCUT2D eigenvalue weighted by atomic mass is 79.9. The van der Waals surface area contributed by atoms with Gasteiger partial charge in [-0.3, -0.25) is 4.98 Å². The second-order valence-electron chi connectivity index (χ2n) is 3.36. The zero-order valence-electron chi connectivity index (χ0n) is 9.78. The van der Waals surface area contributed by atoms with Gasteiger partial charge in [0.2, 0.25) is 0 Å². The Kier molecular flexibility index (Phi) is 4.04. The van der Waals surface area contributed by atoms with E-state index in [9.17, 15) is 0 Å². The van der Waals surface area contributed by atoms with Crippen LogP contribution in [0, 0.1) is 0 Å². The number of ether oxygens (including phenoxy) is 2. The molecule has 1 aromatic heterocycles. The van der Waals surface area contributed by atoms with Gasteiger partial charge in [-0.25, -0.2) is 4.98 Å². The van der Waals surface area contributed by atoms with Crippen molar-refractivity contribution >= 4 is 27.5 Å². The highest BCUT2D eigenvalue weighted by Crippen LogP contribution is 2.42. The quantitative estimate of drug-likeness (QED) is 0.863. The number of methoxy groups -OCH3 is 2. The van der Waals surface area contributed by atoms with Gasteiger partial charge in [-0.15, -0.1) is 0 Å². The van der Waals surface area contributed by atoms with E-state index in [0.717, 1.165) is 5.56 Å². The zero-order chi connectivity index (χ0) is 13.1. The topological polar surface area (TPSA) is 44.2 Å². The first-order valence-electron chi connectivity index (χ1n) is 5.06. The molecule has 1 aromatic carbocycles. The summed E-state index contributed by atoms with van der Waals surface area (Å²) < 4.78 is 11.3. The molecule has 4 nitrogen and oxygen atoms in total. The maximum Gasteiger partial charge on any atom is 0.155 e. The number of aromatic nitrogens is 2. The number of hydrogen-bond acceptors (Lipinski definition) is 4. The molecular formula is C12H10BrClN2O2. The number of halogens is 2. The van der Waals surface area contributed by atoms with Gasteiger partial charge in [-0.1, -0.05) is 11.6 Å². The van der Waals surface area contributed by atoms with Crippen molar-refractivity contribution < 1.29 is 9.47 Å². The summed E-state index contributed by atoms with van der Waals surface area (Å²) in [5.41, 5.74) is 1.32. The molecule has 0 saturated heterocycles. The van der Waals surface area contributed by atoms with Crippen molar-refractivity contribution in [3.63, 3.8) is 0 Å². The van der Waals surface area contributed by atoms with Gasteiger partial charge in [0, 0.05) is 18.0 Å². The Hall–Kier alpha value is -1.33. The summed E-state index contributed by atoms with van der Waals surface area (Å²) in [5.74, 6) is 1.28. The monoisotopic (exact) mass is 328 g/mol. The van der Waals surface area contributed by atoms with Crippen LogP contribution in [0.4, 0.5) is 0 Å². The summed E-state index contributed by atoms with van der Waals surface area (Å²) in [6.45, 7) is 0. The Balaban J connectivity index is 2.66. The molecule has 1 heterocycles. The Morgan fingerprint density at radius 1 is 1.11 bits per heavy atom. The Labute approximate surface area is 118 Å². The smallest absolute Gasteiger partial charge is 0.155 e. The predicted molar refractivity (Wildman–Crippen MR) is 73.3 cm³/mol. The molecule has 18 heavy (non-hydrogen) atoms. The molecule has 94 valence electrons. The van der Waals surface area contributed by atoms with Crippen LogP contribution in [0.1, 0.15) is 0 Å². The van der Waals surface area contributed by atoms with Crippen LogP contribution >= 0.6 is 27.5 Å². The molecular weight excluding hydrogens is 320 g/mol. The van der Waals surface area contributed by atoms with Gasteiger partial charge in [0.25, 0.3) is 0 Å². The Morgan fingerprint density at radius 2 is 1.83 bits per heavy atom. The minimum Gasteiger partial charge on any atom is -0.495 e. The Morgan fingerprint density at radius 3 is 2.44 bits per heavy atom. The molecule has 0 atom stereocenters. The molecule has 0 spiro atoms. The molecule has 0 fully saturated rings. The van der Waals surface area contributed by atoms with Crippen LogP contribution in [0.5, 0.6) is 11.5 Å². The van der Waals surface area contributed by atoms with Gasteiger partial charge >= 0.3 is 0 Å². The highest BCUT2D eigenvalue weighted by Gasteiger charge is 2.17. The van der Waals surface area contributed by atoms with Crippen molar-refractivity contribution in [2.24, 2.45) is 0 Å². The Bertz CT molecular complexity index is 578. The van der Waals surface area contributed by atoms with Gasteiger partial charge in [-0.2, -0.15) is 0 Å². The van der Waals surface area contributed by atoms with E-state index in [1.165, 1.54) is 6.20 Å². The third-order valence-electron chi connectivity index (χ3n) is 2.39. The second-order valence-corrected chi connectivity index (χ2v) is 4.51. The normalized spacial score (nSPS) is 10.2. The summed E-state index contributed by atoms with van der Waals surface area (Å²) in [6.07, 6.45) is 3.12. The molecule has 6 heteroatoms. The van der Waals surface area contributed by atoms with Crippen molar-refractivity contribution in [1.29, 1.82) is 0 Å². The van der Waals surface area contributed by atoms with E-state index in [0.29, 0.717) is 26.8 Å². The standard InChI is InChI=1S/C12H10BrClN2O2/c1-17-8-4-3-7(11(18-2)9(8)13)10-12(14)16-6-5-15-10/h3-6H,1-2H3. The molecule has 0 aliphatic carbocycles. The minimum atomic E-state index is 0.327. The van der Waals surface area contributed by atoms with Crippen molar-refractivity contribution in [2.75, 3.05) is 14.2 Å². The first-order valence-corrected chi connectivity index (χ1v) is 6.23. The van der Waals surface area contributed by atoms with E-state index in [1.807, 2.05) is 12.1 Å². The van der Waals surface area contributed by atoms with E-state index in [-0.39, 0.29) is 0 Å². The summed E-state index contributed by atoms with van der Waals surface area (Å²) in [4.78, 5) is 8.22. The first-order chi connectivity index (χ1) is 8.69. The van der Waals surface area contributed by atoms with Crippen molar-refractivity contribution in [2.45, 2.75) is 0 Å². The van der Waals surface area contributed by atoms with Gasteiger partial charge in [0.15, 0.2) is 5.15 Å². The summed E-state index contributed by atoms with van der Waals surface area (Å²) in [6, 6.07) is 3.64. The van der Waals surface area contributed by atoms with Gasteiger partial charge < -0.3 is 9.47 Å². The van der Waals surface area contributed by atoms with E-state index in [1.54, 1.807) is 20.4 Å². The average molecular weight is 330 g/mol. The third-order valence-corrected chi connectivity index (χ3v) is 3.42. The van der Waals surface area contributed by atoms with Crippen LogP contribution < -0.4 is 9.47 Å².